The summed E-state index contributed by atoms with van der Waals surface area (Å²) in [6.07, 6.45) is 2.26. The lowest BCUT2D eigenvalue weighted by molar-refractivity contribution is -0.118. The van der Waals surface area contributed by atoms with Crippen molar-refractivity contribution in [2.45, 2.75) is 6.42 Å². The van der Waals surface area contributed by atoms with Crippen molar-refractivity contribution in [2.24, 2.45) is 0 Å². The predicted molar refractivity (Wildman–Crippen MR) is 112 cm³/mol. The van der Waals surface area contributed by atoms with E-state index in [0.717, 1.165) is 10.4 Å². The van der Waals surface area contributed by atoms with Crippen LogP contribution in [0.1, 0.15) is 10.4 Å². The van der Waals surface area contributed by atoms with Crippen molar-refractivity contribution in [3.8, 4) is 5.75 Å². The van der Waals surface area contributed by atoms with E-state index in [0.29, 0.717) is 37.4 Å². The van der Waals surface area contributed by atoms with Crippen LogP contribution >= 0.6 is 57.7 Å². The number of nitrogens with zero attached hydrogens (tertiary/aromatic N) is 1. The van der Waals surface area contributed by atoms with Gasteiger partial charge in [0.1, 0.15) is 5.75 Å². The fourth-order valence-electron chi connectivity index (χ4n) is 2.20. The number of aromatic nitrogens is 1. The molecule has 27 heavy (non-hydrogen) atoms. The standard InChI is InChI=1S/C18H12Cl4N2O2S/c19-11-1-3-14(21)10(5-11)6-13-8-23-18(27-13)24-17(25)9-26-16-4-2-12(20)7-15(16)22/h1-5,7-8H,6,9H2,(H,23,24,25). The first kappa shape index (κ1) is 20.2. The van der Waals surface area contributed by atoms with Gasteiger partial charge < -0.3 is 4.74 Å². The van der Waals surface area contributed by atoms with Crippen LogP contribution in [0.4, 0.5) is 5.13 Å². The minimum atomic E-state index is -0.345. The molecule has 0 aliphatic carbocycles. The summed E-state index contributed by atoms with van der Waals surface area (Å²) >= 11 is 25.4. The summed E-state index contributed by atoms with van der Waals surface area (Å²) in [5.41, 5.74) is 0.895. The van der Waals surface area contributed by atoms with Gasteiger partial charge in [0.15, 0.2) is 11.7 Å². The third kappa shape index (κ3) is 5.74. The van der Waals surface area contributed by atoms with E-state index in [2.05, 4.69) is 10.3 Å². The second-order valence-electron chi connectivity index (χ2n) is 5.46. The Balaban J connectivity index is 1.57. The van der Waals surface area contributed by atoms with Gasteiger partial charge in [-0.25, -0.2) is 4.98 Å². The molecule has 0 bridgehead atoms. The number of ether oxygens (including phenoxy) is 1. The Hall–Kier alpha value is -1.50. The number of hydrogen-bond acceptors (Lipinski definition) is 4. The van der Waals surface area contributed by atoms with E-state index in [1.165, 1.54) is 11.3 Å². The van der Waals surface area contributed by atoms with Crippen molar-refractivity contribution >= 4 is 68.8 Å². The molecular weight excluding hydrogens is 450 g/mol. The molecule has 1 heterocycles. The van der Waals surface area contributed by atoms with E-state index in [-0.39, 0.29) is 12.5 Å². The van der Waals surface area contributed by atoms with Crippen molar-refractivity contribution in [1.82, 2.24) is 4.98 Å². The summed E-state index contributed by atoms with van der Waals surface area (Å²) in [7, 11) is 0. The number of hydrogen-bond donors (Lipinski definition) is 1. The number of nitrogens with one attached hydrogen (secondary N) is 1. The van der Waals surface area contributed by atoms with Crippen LogP contribution in [0, 0.1) is 0 Å². The van der Waals surface area contributed by atoms with Crippen LogP contribution < -0.4 is 10.1 Å². The molecule has 1 aromatic heterocycles. The predicted octanol–water partition coefficient (Wildman–Crippen LogP) is 6.37. The second-order valence-corrected chi connectivity index (χ2v) is 8.26. The highest BCUT2D eigenvalue weighted by Gasteiger charge is 2.11. The molecule has 0 aliphatic rings. The van der Waals surface area contributed by atoms with E-state index >= 15 is 0 Å². The first-order valence-corrected chi connectivity index (χ1v) is 10.00. The minimum Gasteiger partial charge on any atom is -0.482 e. The molecule has 0 saturated heterocycles. The van der Waals surface area contributed by atoms with Gasteiger partial charge >= 0.3 is 0 Å². The lowest BCUT2D eigenvalue weighted by Gasteiger charge is -2.07. The maximum Gasteiger partial charge on any atom is 0.264 e. The molecule has 3 rings (SSSR count). The van der Waals surface area contributed by atoms with Gasteiger partial charge in [0.05, 0.1) is 5.02 Å². The normalized spacial score (nSPS) is 10.7. The number of carbonyl (C=O) groups excluding carboxylic acids is 1. The Bertz CT molecular complexity index is 978. The first-order chi connectivity index (χ1) is 12.9. The van der Waals surface area contributed by atoms with Gasteiger partial charge in [0, 0.05) is 32.6 Å². The van der Waals surface area contributed by atoms with Gasteiger partial charge in [-0.2, -0.15) is 0 Å². The van der Waals surface area contributed by atoms with Crippen LogP contribution in [-0.4, -0.2) is 17.5 Å². The highest BCUT2D eigenvalue weighted by molar-refractivity contribution is 7.15. The van der Waals surface area contributed by atoms with E-state index < -0.39 is 0 Å². The smallest absolute Gasteiger partial charge is 0.264 e. The number of anilines is 1. The third-order valence-corrected chi connectivity index (χ3v) is 5.47. The quantitative estimate of drug-likeness (QED) is 0.464. The number of carbonyl (C=O) groups is 1. The van der Waals surface area contributed by atoms with Gasteiger partial charge in [-0.3, -0.25) is 10.1 Å². The van der Waals surface area contributed by atoms with E-state index in [1.807, 2.05) is 6.07 Å². The Labute approximate surface area is 180 Å². The van der Waals surface area contributed by atoms with E-state index in [4.69, 9.17) is 51.1 Å². The summed E-state index contributed by atoms with van der Waals surface area (Å²) in [6.45, 7) is -0.198. The van der Waals surface area contributed by atoms with Gasteiger partial charge in [-0.15, -0.1) is 11.3 Å². The van der Waals surface area contributed by atoms with Crippen LogP contribution in [0.25, 0.3) is 0 Å². The minimum absolute atomic E-state index is 0.198. The fourth-order valence-corrected chi connectivity index (χ4v) is 3.90. The van der Waals surface area contributed by atoms with Crippen LogP contribution in [0.5, 0.6) is 5.75 Å². The Morgan fingerprint density at radius 1 is 1.04 bits per heavy atom. The molecule has 140 valence electrons. The van der Waals surface area contributed by atoms with Crippen molar-refractivity contribution < 1.29 is 9.53 Å². The average Bonchev–Trinajstić information content (AvgIpc) is 3.04. The molecule has 0 saturated carbocycles. The first-order valence-electron chi connectivity index (χ1n) is 7.67. The van der Waals surface area contributed by atoms with Gasteiger partial charge in [-0.05, 0) is 42.0 Å². The summed E-state index contributed by atoms with van der Waals surface area (Å²) in [5.74, 6) is 0.0364. The molecule has 1 amide bonds. The zero-order valence-electron chi connectivity index (χ0n) is 13.6. The average molecular weight is 462 g/mol. The fraction of sp³-hybridized carbons (Fsp3) is 0.111. The van der Waals surface area contributed by atoms with Crippen molar-refractivity contribution in [1.29, 1.82) is 0 Å². The lowest BCUT2D eigenvalue weighted by atomic mass is 10.1. The number of rotatable bonds is 6. The number of halogens is 4. The maximum absolute atomic E-state index is 12.1. The summed E-state index contributed by atoms with van der Waals surface area (Å²) in [5, 5.41) is 5.24. The Morgan fingerprint density at radius 3 is 2.56 bits per heavy atom. The molecule has 0 unspecified atom stereocenters. The van der Waals surface area contributed by atoms with Gasteiger partial charge in [0.2, 0.25) is 0 Å². The Morgan fingerprint density at radius 2 is 1.78 bits per heavy atom. The molecule has 9 heteroatoms. The van der Waals surface area contributed by atoms with Gasteiger partial charge in [0.25, 0.3) is 5.91 Å². The molecule has 0 radical (unpaired) electrons. The molecular formula is C18H12Cl4N2O2S. The lowest BCUT2D eigenvalue weighted by Crippen LogP contribution is -2.20. The van der Waals surface area contributed by atoms with Crippen molar-refractivity contribution in [3.05, 3.63) is 73.1 Å². The number of benzene rings is 2. The third-order valence-electron chi connectivity index (χ3n) is 3.43. The summed E-state index contributed by atoms with van der Waals surface area (Å²) in [6, 6.07) is 10.1. The van der Waals surface area contributed by atoms with Crippen LogP contribution in [0.3, 0.4) is 0 Å². The SMILES string of the molecule is O=C(COc1ccc(Cl)cc1Cl)Nc1ncc(Cc2cc(Cl)ccc2Cl)s1. The van der Waals surface area contributed by atoms with E-state index in [9.17, 15) is 4.79 Å². The highest BCUT2D eigenvalue weighted by atomic mass is 35.5. The van der Waals surface area contributed by atoms with Crippen LogP contribution in [-0.2, 0) is 11.2 Å². The van der Waals surface area contributed by atoms with Crippen LogP contribution in [0.15, 0.2) is 42.6 Å². The molecule has 0 fully saturated rings. The van der Waals surface area contributed by atoms with Crippen molar-refractivity contribution in [3.63, 3.8) is 0 Å². The second kappa shape index (κ2) is 9.13. The molecule has 0 atom stereocenters. The molecule has 0 aliphatic heterocycles. The molecule has 3 aromatic rings. The van der Waals surface area contributed by atoms with E-state index in [1.54, 1.807) is 36.5 Å². The number of thiazole rings is 1. The Kier molecular flexibility index (Phi) is 6.84. The zero-order chi connectivity index (χ0) is 19.4. The maximum atomic E-state index is 12.1. The van der Waals surface area contributed by atoms with Crippen molar-refractivity contribution in [2.75, 3.05) is 11.9 Å². The summed E-state index contributed by atoms with van der Waals surface area (Å²) < 4.78 is 5.40. The molecule has 1 N–H and O–H groups in total. The largest absolute Gasteiger partial charge is 0.482 e. The number of amides is 1. The summed E-state index contributed by atoms with van der Waals surface area (Å²) in [4.78, 5) is 17.2. The molecule has 2 aromatic carbocycles. The highest BCUT2D eigenvalue weighted by Crippen LogP contribution is 2.28. The zero-order valence-corrected chi connectivity index (χ0v) is 17.5. The van der Waals surface area contributed by atoms with Crippen LogP contribution in [0.2, 0.25) is 20.1 Å². The van der Waals surface area contributed by atoms with Gasteiger partial charge in [-0.1, -0.05) is 46.4 Å². The topological polar surface area (TPSA) is 51.2 Å². The monoisotopic (exact) mass is 460 g/mol. The molecule has 0 spiro atoms. The molecule has 4 nitrogen and oxygen atoms in total.